The van der Waals surface area contributed by atoms with Gasteiger partial charge in [0.15, 0.2) is 17.4 Å². The maximum atomic E-state index is 12.4. The average molecular weight is 405 g/mol. The van der Waals surface area contributed by atoms with Gasteiger partial charge in [-0.2, -0.15) is 4.57 Å². The van der Waals surface area contributed by atoms with Gasteiger partial charge < -0.3 is 14.9 Å². The maximum Gasteiger partial charge on any atom is 0.352 e. The molecule has 3 aromatic heterocycles. The molecule has 0 spiro atoms. The lowest BCUT2D eigenvalue weighted by atomic mass is 10.3. The van der Waals surface area contributed by atoms with E-state index in [2.05, 4.69) is 4.98 Å². The van der Waals surface area contributed by atoms with Crippen LogP contribution < -0.4 is 24.0 Å². The second kappa shape index (κ2) is 7.58. The standard InChI is InChI=1S/C19H20Cl2N5O/c1-23(2)13-5-9-25(10-6-13)17-15(20)18(22-19(27)16(17)21)26-11-7-14(8-12-26)24(3)4/h5-12H,1-4H3/q+1. The molecule has 140 valence electrons. The molecule has 0 amide bonds. The summed E-state index contributed by atoms with van der Waals surface area (Å²) in [6.45, 7) is 0. The first-order chi connectivity index (χ1) is 12.8. The summed E-state index contributed by atoms with van der Waals surface area (Å²) in [6.07, 6.45) is 7.23. The zero-order valence-electron chi connectivity index (χ0n) is 15.5. The van der Waals surface area contributed by atoms with Crippen LogP contribution in [-0.2, 0) is 0 Å². The van der Waals surface area contributed by atoms with Gasteiger partial charge in [-0.1, -0.05) is 28.2 Å². The minimum absolute atomic E-state index is 0.0168. The van der Waals surface area contributed by atoms with Crippen molar-refractivity contribution in [3.8, 4) is 17.4 Å². The van der Waals surface area contributed by atoms with Crippen molar-refractivity contribution in [3.63, 3.8) is 0 Å². The molecule has 3 aromatic rings. The fraction of sp³-hybridized carbons (Fsp3) is 0.211. The normalized spacial score (nSPS) is 10.7. The highest BCUT2D eigenvalue weighted by atomic mass is 35.5. The van der Waals surface area contributed by atoms with Crippen LogP contribution in [0.5, 0.6) is 5.88 Å². The van der Waals surface area contributed by atoms with Crippen LogP contribution in [0.3, 0.4) is 0 Å². The monoisotopic (exact) mass is 404 g/mol. The van der Waals surface area contributed by atoms with Crippen LogP contribution >= 0.6 is 23.2 Å². The van der Waals surface area contributed by atoms with E-state index >= 15 is 0 Å². The molecule has 0 N–H and O–H groups in total. The molecule has 0 aliphatic carbocycles. The van der Waals surface area contributed by atoms with Crippen molar-refractivity contribution in [2.24, 2.45) is 0 Å². The van der Waals surface area contributed by atoms with E-state index in [1.807, 2.05) is 74.6 Å². The molecule has 0 unspecified atom stereocenters. The predicted molar refractivity (Wildman–Crippen MR) is 105 cm³/mol. The first kappa shape index (κ1) is 19.2. The zero-order valence-corrected chi connectivity index (χ0v) is 17.0. The van der Waals surface area contributed by atoms with Crippen LogP contribution in [0.1, 0.15) is 0 Å². The second-order valence-electron chi connectivity index (χ2n) is 6.43. The van der Waals surface area contributed by atoms with Gasteiger partial charge in [0.05, 0.1) is 12.4 Å². The topological polar surface area (TPSA) is 50.2 Å². The van der Waals surface area contributed by atoms with Crippen molar-refractivity contribution in [2.45, 2.75) is 0 Å². The predicted octanol–water partition coefficient (Wildman–Crippen LogP) is 2.15. The lowest BCUT2D eigenvalue weighted by Crippen LogP contribution is -2.36. The molecule has 0 fully saturated rings. The zero-order chi connectivity index (χ0) is 19.7. The van der Waals surface area contributed by atoms with E-state index in [1.165, 1.54) is 0 Å². The van der Waals surface area contributed by atoms with Crippen molar-refractivity contribution in [1.82, 2.24) is 4.98 Å². The molecule has 0 saturated heterocycles. The molecule has 6 nitrogen and oxygen atoms in total. The third kappa shape index (κ3) is 3.77. The Labute approximate surface area is 168 Å². The van der Waals surface area contributed by atoms with Crippen molar-refractivity contribution in [1.29, 1.82) is 0 Å². The lowest BCUT2D eigenvalue weighted by molar-refractivity contribution is -0.606. The molecule has 0 aliphatic rings. The minimum atomic E-state index is -0.528. The average Bonchev–Trinajstić information content (AvgIpc) is 2.65. The molecule has 0 saturated carbocycles. The molecule has 27 heavy (non-hydrogen) atoms. The molecule has 0 atom stereocenters. The molecule has 0 radical (unpaired) electrons. The highest BCUT2D eigenvalue weighted by molar-refractivity contribution is 6.38. The minimum Gasteiger partial charge on any atom is -0.838 e. The largest absolute Gasteiger partial charge is 0.838 e. The lowest BCUT2D eigenvalue weighted by Gasteiger charge is -2.13. The fourth-order valence-electron chi connectivity index (χ4n) is 2.62. The molecule has 0 aliphatic heterocycles. The van der Waals surface area contributed by atoms with Gasteiger partial charge in [-0.3, -0.25) is 0 Å². The smallest absolute Gasteiger partial charge is 0.352 e. The van der Waals surface area contributed by atoms with Crippen molar-refractivity contribution in [2.75, 3.05) is 38.0 Å². The van der Waals surface area contributed by atoms with Crippen LogP contribution in [0.2, 0.25) is 10.0 Å². The van der Waals surface area contributed by atoms with Gasteiger partial charge in [0, 0.05) is 63.8 Å². The number of hydrogen-bond donors (Lipinski definition) is 0. The maximum absolute atomic E-state index is 12.4. The Kier molecular flexibility index (Phi) is 5.39. The third-order valence-electron chi connectivity index (χ3n) is 4.17. The van der Waals surface area contributed by atoms with Gasteiger partial charge in [0.25, 0.3) is 5.69 Å². The number of pyridine rings is 3. The number of hydrogen-bond acceptors (Lipinski definition) is 4. The summed E-state index contributed by atoms with van der Waals surface area (Å²) in [4.78, 5) is 8.02. The van der Waals surface area contributed by atoms with E-state index in [1.54, 1.807) is 21.5 Å². The summed E-state index contributed by atoms with van der Waals surface area (Å²) < 4.78 is 3.42. The van der Waals surface area contributed by atoms with Gasteiger partial charge in [0.1, 0.15) is 5.88 Å². The van der Waals surface area contributed by atoms with E-state index in [9.17, 15) is 5.11 Å². The van der Waals surface area contributed by atoms with Gasteiger partial charge in [-0.25, -0.2) is 4.57 Å². The first-order valence-electron chi connectivity index (χ1n) is 8.23. The number of nitrogens with zero attached hydrogens (tertiary/aromatic N) is 5. The Bertz CT molecular complexity index is 957. The summed E-state index contributed by atoms with van der Waals surface area (Å²) in [5, 5.41) is 12.6. The second-order valence-corrected chi connectivity index (χ2v) is 7.19. The molecular formula is C19H20Cl2N5O+. The third-order valence-corrected chi connectivity index (χ3v) is 4.86. The van der Waals surface area contributed by atoms with Crippen molar-refractivity contribution < 1.29 is 14.2 Å². The van der Waals surface area contributed by atoms with E-state index in [0.717, 1.165) is 11.4 Å². The highest BCUT2D eigenvalue weighted by Crippen LogP contribution is 2.32. The summed E-state index contributed by atoms with van der Waals surface area (Å²) >= 11 is 12.9. The van der Waals surface area contributed by atoms with Gasteiger partial charge in [-0.15, -0.1) is 0 Å². The number of halogens is 2. The number of rotatable bonds is 4. The van der Waals surface area contributed by atoms with E-state index in [4.69, 9.17) is 23.2 Å². The fourth-order valence-corrected chi connectivity index (χ4v) is 3.23. The van der Waals surface area contributed by atoms with Crippen LogP contribution in [0.15, 0.2) is 49.1 Å². The molecule has 8 heteroatoms. The van der Waals surface area contributed by atoms with Crippen molar-refractivity contribution in [3.05, 3.63) is 59.1 Å². The molecule has 3 heterocycles. The summed E-state index contributed by atoms with van der Waals surface area (Å²) in [6, 6.07) is 7.65. The van der Waals surface area contributed by atoms with Gasteiger partial charge in [-0.05, 0) is 0 Å². The van der Waals surface area contributed by atoms with Crippen molar-refractivity contribution >= 4 is 34.6 Å². The number of anilines is 2. The molecular weight excluding hydrogens is 385 g/mol. The molecule has 0 bridgehead atoms. The van der Waals surface area contributed by atoms with E-state index in [-0.39, 0.29) is 5.02 Å². The summed E-state index contributed by atoms with van der Waals surface area (Å²) in [5.74, 6) is -0.199. The summed E-state index contributed by atoms with van der Waals surface area (Å²) in [5.41, 5.74) is 2.44. The highest BCUT2D eigenvalue weighted by Gasteiger charge is 2.28. The Balaban J connectivity index is 2.13. The number of aromatic nitrogens is 3. The SMILES string of the molecule is CN(C)c1cc[n+](-c2nc([O-])c(Cl)c(-[n+]3ccc(N(C)C)cc3)c2Cl)cc1. The molecule has 0 aromatic carbocycles. The Morgan fingerprint density at radius 3 is 1.67 bits per heavy atom. The van der Waals surface area contributed by atoms with Crippen LogP contribution in [0, 0.1) is 0 Å². The summed E-state index contributed by atoms with van der Waals surface area (Å²) in [7, 11) is 7.81. The van der Waals surface area contributed by atoms with Crippen LogP contribution in [0.4, 0.5) is 11.4 Å². The first-order valence-corrected chi connectivity index (χ1v) is 8.99. The van der Waals surface area contributed by atoms with E-state index in [0.29, 0.717) is 16.5 Å². The van der Waals surface area contributed by atoms with Gasteiger partial charge >= 0.3 is 5.82 Å². The Morgan fingerprint density at radius 1 is 0.778 bits per heavy atom. The quantitative estimate of drug-likeness (QED) is 0.625. The van der Waals surface area contributed by atoms with Crippen LogP contribution in [0.25, 0.3) is 11.5 Å². The van der Waals surface area contributed by atoms with Crippen LogP contribution in [-0.4, -0.2) is 33.2 Å². The molecule has 3 rings (SSSR count). The van der Waals surface area contributed by atoms with E-state index < -0.39 is 5.88 Å². The Hall–Kier alpha value is -2.57. The Morgan fingerprint density at radius 2 is 1.22 bits per heavy atom. The van der Waals surface area contributed by atoms with Gasteiger partial charge in [0.2, 0.25) is 5.02 Å².